The number of amides is 1. The molecule has 3 rings (SSSR count). The van der Waals surface area contributed by atoms with Crippen LogP contribution in [-0.2, 0) is 6.18 Å². The minimum absolute atomic E-state index is 0.0372. The van der Waals surface area contributed by atoms with Gasteiger partial charge in [-0.05, 0) is 48.9 Å². The van der Waals surface area contributed by atoms with Crippen molar-refractivity contribution in [1.82, 2.24) is 4.98 Å². The molecule has 0 bridgehead atoms. The van der Waals surface area contributed by atoms with Crippen LogP contribution < -0.4 is 14.8 Å². The summed E-state index contributed by atoms with van der Waals surface area (Å²) in [5.74, 6) is -0.572. The Kier molecular flexibility index (Phi) is 5.81. The standard InChI is InChI=1S/C21H17F3N2O4/c1-12-10-14(26-20(28)18-19(27)17(29-2)8-9-25-18)6-7-16(12)30-15-5-3-4-13(11-15)21(22,23)24/h3-11,27H,1-2H3,(H,26,28). The van der Waals surface area contributed by atoms with Crippen LogP contribution >= 0.6 is 0 Å². The number of ether oxygens (including phenoxy) is 2. The molecule has 30 heavy (non-hydrogen) atoms. The van der Waals surface area contributed by atoms with Crippen LogP contribution in [0.3, 0.4) is 0 Å². The molecule has 6 nitrogen and oxygen atoms in total. The van der Waals surface area contributed by atoms with Gasteiger partial charge in [-0.15, -0.1) is 0 Å². The summed E-state index contributed by atoms with van der Waals surface area (Å²) in [6.45, 7) is 1.68. The predicted octanol–water partition coefficient (Wildman–Crippen LogP) is 5.17. The Morgan fingerprint density at radius 3 is 2.53 bits per heavy atom. The van der Waals surface area contributed by atoms with Crippen LogP contribution in [0.1, 0.15) is 21.6 Å². The lowest BCUT2D eigenvalue weighted by Gasteiger charge is -2.13. The van der Waals surface area contributed by atoms with Crippen molar-refractivity contribution in [2.24, 2.45) is 0 Å². The first-order valence-electron chi connectivity index (χ1n) is 8.68. The van der Waals surface area contributed by atoms with Crippen molar-refractivity contribution in [3.05, 3.63) is 71.5 Å². The van der Waals surface area contributed by atoms with Crippen molar-refractivity contribution in [3.63, 3.8) is 0 Å². The number of aromatic nitrogens is 1. The summed E-state index contributed by atoms with van der Waals surface area (Å²) in [6.07, 6.45) is -3.15. The molecular weight excluding hydrogens is 401 g/mol. The van der Waals surface area contributed by atoms with Crippen LogP contribution in [0.25, 0.3) is 0 Å². The largest absolute Gasteiger partial charge is 0.503 e. The molecule has 0 spiro atoms. The van der Waals surface area contributed by atoms with Gasteiger partial charge in [0.25, 0.3) is 5.91 Å². The minimum Gasteiger partial charge on any atom is -0.503 e. The number of halogens is 3. The number of rotatable bonds is 5. The molecule has 0 aliphatic carbocycles. The number of carbonyl (C=O) groups is 1. The summed E-state index contributed by atoms with van der Waals surface area (Å²) in [5.41, 5.74) is -0.0608. The second-order valence-corrected chi connectivity index (χ2v) is 6.27. The van der Waals surface area contributed by atoms with Crippen molar-refractivity contribution in [2.45, 2.75) is 13.1 Å². The van der Waals surface area contributed by atoms with E-state index in [0.717, 1.165) is 12.1 Å². The van der Waals surface area contributed by atoms with E-state index >= 15 is 0 Å². The summed E-state index contributed by atoms with van der Waals surface area (Å²) < 4.78 is 49.1. The molecule has 1 amide bonds. The third kappa shape index (κ3) is 4.62. The highest BCUT2D eigenvalue weighted by Gasteiger charge is 2.30. The van der Waals surface area contributed by atoms with Crippen LogP contribution in [-0.4, -0.2) is 23.1 Å². The van der Waals surface area contributed by atoms with Gasteiger partial charge in [-0.2, -0.15) is 13.2 Å². The van der Waals surface area contributed by atoms with Gasteiger partial charge < -0.3 is 19.9 Å². The zero-order chi connectivity index (χ0) is 21.9. The van der Waals surface area contributed by atoms with Crippen molar-refractivity contribution in [1.29, 1.82) is 0 Å². The summed E-state index contributed by atoms with van der Waals surface area (Å²) in [5, 5.41) is 12.6. The molecule has 156 valence electrons. The maximum absolute atomic E-state index is 12.8. The lowest BCUT2D eigenvalue weighted by Crippen LogP contribution is -2.14. The lowest BCUT2D eigenvalue weighted by molar-refractivity contribution is -0.137. The third-order valence-electron chi connectivity index (χ3n) is 4.14. The zero-order valence-electron chi connectivity index (χ0n) is 15.9. The Bertz CT molecular complexity index is 1080. The SMILES string of the molecule is COc1ccnc(C(=O)Nc2ccc(Oc3cccc(C(F)(F)F)c3)c(C)c2)c1O. The highest BCUT2D eigenvalue weighted by Crippen LogP contribution is 2.34. The average molecular weight is 418 g/mol. The van der Waals surface area contributed by atoms with E-state index in [9.17, 15) is 23.1 Å². The van der Waals surface area contributed by atoms with E-state index < -0.39 is 23.4 Å². The quantitative estimate of drug-likeness (QED) is 0.598. The van der Waals surface area contributed by atoms with Crippen molar-refractivity contribution < 1.29 is 32.5 Å². The topological polar surface area (TPSA) is 80.7 Å². The van der Waals surface area contributed by atoms with E-state index in [1.807, 2.05) is 0 Å². The van der Waals surface area contributed by atoms with Gasteiger partial charge in [0, 0.05) is 18.0 Å². The van der Waals surface area contributed by atoms with Crippen molar-refractivity contribution in [2.75, 3.05) is 12.4 Å². The van der Waals surface area contributed by atoms with Gasteiger partial charge in [-0.25, -0.2) is 4.98 Å². The van der Waals surface area contributed by atoms with Crippen LogP contribution in [0, 0.1) is 6.92 Å². The number of methoxy groups -OCH3 is 1. The molecule has 2 aromatic carbocycles. The van der Waals surface area contributed by atoms with Crippen LogP contribution in [0.4, 0.5) is 18.9 Å². The Hall–Kier alpha value is -3.75. The molecule has 0 aliphatic heterocycles. The number of nitrogens with one attached hydrogen (secondary N) is 1. The predicted molar refractivity (Wildman–Crippen MR) is 103 cm³/mol. The van der Waals surface area contributed by atoms with Crippen LogP contribution in [0.2, 0.25) is 0 Å². The fourth-order valence-electron chi connectivity index (χ4n) is 2.66. The maximum Gasteiger partial charge on any atom is 0.416 e. The number of pyridine rings is 1. The Labute approximate surface area is 169 Å². The summed E-state index contributed by atoms with van der Waals surface area (Å²) in [4.78, 5) is 16.2. The summed E-state index contributed by atoms with van der Waals surface area (Å²) >= 11 is 0. The molecule has 1 heterocycles. The molecule has 0 saturated carbocycles. The van der Waals surface area contributed by atoms with E-state index in [-0.39, 0.29) is 17.2 Å². The molecule has 0 saturated heterocycles. The van der Waals surface area contributed by atoms with E-state index in [4.69, 9.17) is 9.47 Å². The maximum atomic E-state index is 12.8. The number of aromatic hydroxyl groups is 1. The van der Waals surface area contributed by atoms with Gasteiger partial charge in [0.05, 0.1) is 12.7 Å². The van der Waals surface area contributed by atoms with Gasteiger partial charge in [0.1, 0.15) is 11.5 Å². The first-order chi connectivity index (χ1) is 14.2. The fraction of sp³-hybridized carbons (Fsp3) is 0.143. The Balaban J connectivity index is 1.77. The molecule has 0 unspecified atom stereocenters. The second kappa shape index (κ2) is 8.32. The van der Waals surface area contributed by atoms with Gasteiger partial charge in [-0.1, -0.05) is 6.07 Å². The number of carbonyl (C=O) groups excluding carboxylic acids is 1. The normalized spacial score (nSPS) is 11.1. The molecule has 0 fully saturated rings. The van der Waals surface area contributed by atoms with Crippen LogP contribution in [0.5, 0.6) is 23.0 Å². The number of nitrogens with zero attached hydrogens (tertiary/aromatic N) is 1. The monoisotopic (exact) mass is 418 g/mol. The molecule has 2 N–H and O–H groups in total. The van der Waals surface area contributed by atoms with Gasteiger partial charge in [0.2, 0.25) is 0 Å². The van der Waals surface area contributed by atoms with Gasteiger partial charge in [-0.3, -0.25) is 4.79 Å². The smallest absolute Gasteiger partial charge is 0.416 e. The summed E-state index contributed by atoms with van der Waals surface area (Å²) in [6, 6.07) is 10.6. The zero-order valence-corrected chi connectivity index (χ0v) is 15.9. The third-order valence-corrected chi connectivity index (χ3v) is 4.14. The molecule has 0 radical (unpaired) electrons. The van der Waals surface area contributed by atoms with Crippen molar-refractivity contribution in [3.8, 4) is 23.0 Å². The first kappa shape index (κ1) is 21.0. The molecular formula is C21H17F3N2O4. The average Bonchev–Trinajstić information content (AvgIpc) is 2.70. The minimum atomic E-state index is -4.47. The number of hydrogen-bond acceptors (Lipinski definition) is 5. The molecule has 9 heteroatoms. The number of aryl methyl sites for hydroxylation is 1. The van der Waals surface area contributed by atoms with E-state index in [2.05, 4.69) is 10.3 Å². The highest BCUT2D eigenvalue weighted by atomic mass is 19.4. The molecule has 1 aromatic heterocycles. The lowest BCUT2D eigenvalue weighted by atomic mass is 10.2. The van der Waals surface area contributed by atoms with Gasteiger partial charge in [0.15, 0.2) is 17.2 Å². The Morgan fingerprint density at radius 2 is 1.87 bits per heavy atom. The molecule has 0 atom stereocenters. The number of anilines is 1. The number of hydrogen-bond donors (Lipinski definition) is 2. The highest BCUT2D eigenvalue weighted by molar-refractivity contribution is 6.05. The molecule has 0 aliphatic rings. The number of alkyl halides is 3. The fourth-order valence-corrected chi connectivity index (χ4v) is 2.66. The van der Waals surface area contributed by atoms with Gasteiger partial charge >= 0.3 is 6.18 Å². The number of benzene rings is 2. The first-order valence-corrected chi connectivity index (χ1v) is 8.68. The summed E-state index contributed by atoms with van der Waals surface area (Å²) in [7, 11) is 1.35. The second-order valence-electron chi connectivity index (χ2n) is 6.27. The van der Waals surface area contributed by atoms with Crippen LogP contribution in [0.15, 0.2) is 54.7 Å². The van der Waals surface area contributed by atoms with E-state index in [1.165, 1.54) is 43.6 Å². The molecule has 3 aromatic rings. The van der Waals surface area contributed by atoms with Crippen molar-refractivity contribution >= 4 is 11.6 Å². The Morgan fingerprint density at radius 1 is 1.10 bits per heavy atom. The van der Waals surface area contributed by atoms with E-state index in [0.29, 0.717) is 17.0 Å². The van der Waals surface area contributed by atoms with E-state index in [1.54, 1.807) is 13.0 Å².